The Morgan fingerprint density at radius 2 is 2.07 bits per heavy atom. The van der Waals surface area contributed by atoms with Gasteiger partial charge in [0.1, 0.15) is 5.60 Å². The Bertz CT molecular complexity index is 358. The minimum absolute atomic E-state index is 0.596. The van der Waals surface area contributed by atoms with Crippen LogP contribution in [0.25, 0.3) is 0 Å². The molecule has 1 fully saturated rings. The first-order valence-corrected chi connectivity index (χ1v) is 4.68. The van der Waals surface area contributed by atoms with Gasteiger partial charge in [0.15, 0.2) is 0 Å². The highest BCUT2D eigenvalue weighted by Crippen LogP contribution is 2.27. The molecule has 1 heterocycles. The van der Waals surface area contributed by atoms with Gasteiger partial charge >= 0.3 is 0 Å². The Labute approximate surface area is 83.0 Å². The zero-order chi connectivity index (χ0) is 10.0. The van der Waals surface area contributed by atoms with Crippen LogP contribution in [0.15, 0.2) is 24.3 Å². The summed E-state index contributed by atoms with van der Waals surface area (Å²) in [6.45, 7) is 1.44. The van der Waals surface area contributed by atoms with Gasteiger partial charge in [-0.15, -0.1) is 0 Å². The van der Waals surface area contributed by atoms with Crippen LogP contribution in [0.3, 0.4) is 0 Å². The Kier molecular flexibility index (Phi) is 2.24. The largest absolute Gasteiger partial charge is 0.384 e. The molecule has 0 saturated carbocycles. The van der Waals surface area contributed by atoms with E-state index in [0.29, 0.717) is 12.1 Å². The van der Waals surface area contributed by atoms with Crippen LogP contribution < -0.4 is 5.32 Å². The van der Waals surface area contributed by atoms with E-state index in [4.69, 9.17) is 5.26 Å². The number of rotatable bonds is 1. The number of nitriles is 1. The molecule has 1 unspecified atom stereocenters. The first-order valence-electron chi connectivity index (χ1n) is 4.68. The number of hydrogen-bond donors (Lipinski definition) is 2. The maximum Gasteiger partial charge on any atom is 0.103 e. The minimum Gasteiger partial charge on any atom is -0.384 e. The van der Waals surface area contributed by atoms with E-state index in [-0.39, 0.29) is 0 Å². The molecule has 1 atom stereocenters. The van der Waals surface area contributed by atoms with E-state index in [2.05, 4.69) is 11.4 Å². The molecule has 1 saturated heterocycles. The predicted molar refractivity (Wildman–Crippen MR) is 52.5 cm³/mol. The zero-order valence-electron chi connectivity index (χ0n) is 7.83. The molecule has 72 valence electrons. The number of nitrogens with zero attached hydrogens (tertiary/aromatic N) is 1. The summed E-state index contributed by atoms with van der Waals surface area (Å²) in [5, 5.41) is 21.9. The van der Waals surface area contributed by atoms with Gasteiger partial charge in [-0.1, -0.05) is 12.1 Å². The van der Waals surface area contributed by atoms with Crippen LogP contribution in [-0.2, 0) is 5.60 Å². The fraction of sp³-hybridized carbons (Fsp3) is 0.364. The van der Waals surface area contributed by atoms with E-state index < -0.39 is 5.60 Å². The molecule has 0 amide bonds. The van der Waals surface area contributed by atoms with E-state index >= 15 is 0 Å². The van der Waals surface area contributed by atoms with Crippen LogP contribution in [0.4, 0.5) is 0 Å². The molecule has 3 heteroatoms. The third kappa shape index (κ3) is 1.50. The van der Waals surface area contributed by atoms with E-state index in [1.807, 2.05) is 12.1 Å². The smallest absolute Gasteiger partial charge is 0.103 e. The zero-order valence-corrected chi connectivity index (χ0v) is 7.83. The second-order valence-electron chi connectivity index (χ2n) is 3.65. The summed E-state index contributed by atoms with van der Waals surface area (Å²) >= 11 is 0. The molecule has 1 aliphatic heterocycles. The number of benzene rings is 1. The van der Waals surface area contributed by atoms with Gasteiger partial charge in [-0.3, -0.25) is 0 Å². The van der Waals surface area contributed by atoms with Crippen molar-refractivity contribution in [3.05, 3.63) is 35.4 Å². The van der Waals surface area contributed by atoms with Crippen LogP contribution in [-0.4, -0.2) is 18.2 Å². The predicted octanol–water partition coefficient (Wildman–Crippen LogP) is 0.739. The normalized spacial score (nSPS) is 26.0. The molecule has 0 bridgehead atoms. The maximum atomic E-state index is 10.2. The van der Waals surface area contributed by atoms with Gasteiger partial charge < -0.3 is 10.4 Å². The lowest BCUT2D eigenvalue weighted by atomic mass is 9.92. The molecule has 14 heavy (non-hydrogen) atoms. The summed E-state index contributed by atoms with van der Waals surface area (Å²) in [6.07, 6.45) is 0.735. The lowest BCUT2D eigenvalue weighted by Crippen LogP contribution is -2.28. The molecule has 2 rings (SSSR count). The van der Waals surface area contributed by atoms with Crippen molar-refractivity contribution in [2.75, 3.05) is 13.1 Å². The minimum atomic E-state index is -0.742. The number of aliphatic hydroxyl groups is 1. The lowest BCUT2D eigenvalue weighted by Gasteiger charge is -2.21. The number of nitrogens with one attached hydrogen (secondary N) is 1. The number of hydrogen-bond acceptors (Lipinski definition) is 3. The summed E-state index contributed by atoms with van der Waals surface area (Å²) in [4.78, 5) is 0. The van der Waals surface area contributed by atoms with Crippen LogP contribution in [0, 0.1) is 11.3 Å². The van der Waals surface area contributed by atoms with Crippen LogP contribution >= 0.6 is 0 Å². The molecule has 1 aromatic rings. The molecule has 0 radical (unpaired) electrons. The highest BCUT2D eigenvalue weighted by Gasteiger charge is 2.32. The molecular formula is C11H12N2O. The van der Waals surface area contributed by atoms with Crippen molar-refractivity contribution in [3.8, 4) is 6.07 Å². The van der Waals surface area contributed by atoms with Crippen molar-refractivity contribution in [1.29, 1.82) is 5.26 Å². The molecule has 0 aromatic heterocycles. The summed E-state index contributed by atoms with van der Waals surface area (Å²) in [5.74, 6) is 0. The van der Waals surface area contributed by atoms with E-state index in [1.54, 1.807) is 12.1 Å². The third-order valence-corrected chi connectivity index (χ3v) is 2.68. The van der Waals surface area contributed by atoms with Crippen LogP contribution in [0.1, 0.15) is 17.5 Å². The average molecular weight is 188 g/mol. The quantitative estimate of drug-likeness (QED) is 0.683. The first-order chi connectivity index (χ1) is 6.74. The summed E-state index contributed by atoms with van der Waals surface area (Å²) in [5.41, 5.74) is 0.776. The monoisotopic (exact) mass is 188 g/mol. The molecule has 2 N–H and O–H groups in total. The first kappa shape index (κ1) is 9.20. The van der Waals surface area contributed by atoms with Gasteiger partial charge in [-0.05, 0) is 30.7 Å². The molecule has 1 aliphatic rings. The van der Waals surface area contributed by atoms with E-state index in [1.165, 1.54) is 0 Å². The third-order valence-electron chi connectivity index (χ3n) is 2.68. The molecule has 1 aromatic carbocycles. The van der Waals surface area contributed by atoms with Crippen LogP contribution in [0.5, 0.6) is 0 Å². The van der Waals surface area contributed by atoms with Gasteiger partial charge in [0, 0.05) is 6.54 Å². The second-order valence-corrected chi connectivity index (χ2v) is 3.65. The fourth-order valence-electron chi connectivity index (χ4n) is 1.78. The fourth-order valence-corrected chi connectivity index (χ4v) is 1.78. The highest BCUT2D eigenvalue weighted by atomic mass is 16.3. The standard InChI is InChI=1S/C11H12N2O/c12-7-9-1-3-10(4-2-9)11(14)5-6-13-8-11/h1-4,13-14H,5-6,8H2. The highest BCUT2D eigenvalue weighted by molar-refractivity contribution is 5.34. The summed E-state index contributed by atoms with van der Waals surface area (Å²) in [6, 6.07) is 9.19. The van der Waals surface area contributed by atoms with E-state index in [0.717, 1.165) is 18.5 Å². The molecule has 3 nitrogen and oxygen atoms in total. The molecule has 0 aliphatic carbocycles. The van der Waals surface area contributed by atoms with Crippen molar-refractivity contribution >= 4 is 0 Å². The van der Waals surface area contributed by atoms with E-state index in [9.17, 15) is 5.11 Å². The Morgan fingerprint density at radius 3 is 2.57 bits per heavy atom. The van der Waals surface area contributed by atoms with Gasteiger partial charge in [0.25, 0.3) is 0 Å². The summed E-state index contributed by atoms with van der Waals surface area (Å²) in [7, 11) is 0. The van der Waals surface area contributed by atoms with Crippen molar-refractivity contribution < 1.29 is 5.11 Å². The Morgan fingerprint density at radius 1 is 1.36 bits per heavy atom. The lowest BCUT2D eigenvalue weighted by molar-refractivity contribution is 0.0587. The number of β-amino-alcohol motifs (C(OH)–C–C–N with tert-alkyl or cyclic N) is 1. The maximum absolute atomic E-state index is 10.2. The Hall–Kier alpha value is -1.37. The van der Waals surface area contributed by atoms with Gasteiger partial charge in [0.2, 0.25) is 0 Å². The van der Waals surface area contributed by atoms with Gasteiger partial charge in [-0.25, -0.2) is 0 Å². The van der Waals surface area contributed by atoms with Crippen molar-refractivity contribution in [1.82, 2.24) is 5.32 Å². The van der Waals surface area contributed by atoms with Crippen molar-refractivity contribution in [2.24, 2.45) is 0 Å². The Balaban J connectivity index is 2.29. The van der Waals surface area contributed by atoms with Crippen molar-refractivity contribution in [2.45, 2.75) is 12.0 Å². The SMILES string of the molecule is N#Cc1ccc(C2(O)CCNC2)cc1. The van der Waals surface area contributed by atoms with Crippen molar-refractivity contribution in [3.63, 3.8) is 0 Å². The molecule has 0 spiro atoms. The van der Waals surface area contributed by atoms with Gasteiger partial charge in [-0.2, -0.15) is 5.26 Å². The van der Waals surface area contributed by atoms with Crippen LogP contribution in [0.2, 0.25) is 0 Å². The topological polar surface area (TPSA) is 56.0 Å². The van der Waals surface area contributed by atoms with Gasteiger partial charge in [0.05, 0.1) is 11.6 Å². The molecular weight excluding hydrogens is 176 g/mol. The second kappa shape index (κ2) is 3.41. The summed E-state index contributed by atoms with van der Waals surface area (Å²) < 4.78 is 0. The average Bonchev–Trinajstić information content (AvgIpc) is 2.67.